The molecule has 1 saturated carbocycles. The first-order chi connectivity index (χ1) is 9.76. The number of carbonyl (C=O) groups excluding carboxylic acids is 1. The van der Waals surface area contributed by atoms with Gasteiger partial charge >= 0.3 is 0 Å². The van der Waals surface area contributed by atoms with Gasteiger partial charge in [0, 0.05) is 17.3 Å². The summed E-state index contributed by atoms with van der Waals surface area (Å²) in [5.41, 5.74) is 2.18. The van der Waals surface area contributed by atoms with Crippen LogP contribution in [-0.4, -0.2) is 5.91 Å². The van der Waals surface area contributed by atoms with Crippen LogP contribution in [-0.2, 0) is 11.3 Å². The van der Waals surface area contributed by atoms with Gasteiger partial charge < -0.3 is 5.32 Å². The Morgan fingerprint density at radius 1 is 1.35 bits per heavy atom. The second kappa shape index (κ2) is 5.48. The average Bonchev–Trinajstić information content (AvgIpc) is 3.22. The standard InChI is InChI=1S/C16H14N2OS/c17-9-14-6-7-15(20-14)13-3-1-2-11(8-13)10-18-16(19)12-4-5-12/h1-3,6-8,12H,4-5,10H2,(H,18,19). The molecule has 1 N–H and O–H groups in total. The summed E-state index contributed by atoms with van der Waals surface area (Å²) in [6.07, 6.45) is 2.05. The van der Waals surface area contributed by atoms with Gasteiger partial charge in [0.2, 0.25) is 5.91 Å². The molecule has 1 aliphatic carbocycles. The summed E-state index contributed by atoms with van der Waals surface area (Å²) in [6.45, 7) is 0.569. The van der Waals surface area contributed by atoms with Gasteiger partial charge in [0.05, 0.1) is 0 Å². The van der Waals surface area contributed by atoms with Crippen molar-refractivity contribution in [3.05, 3.63) is 46.8 Å². The van der Waals surface area contributed by atoms with E-state index in [2.05, 4.69) is 17.5 Å². The molecule has 1 amide bonds. The SMILES string of the molecule is N#Cc1ccc(-c2cccc(CNC(=O)C3CC3)c2)s1. The van der Waals surface area contributed by atoms with Crippen molar-refractivity contribution < 1.29 is 4.79 Å². The predicted molar refractivity (Wildman–Crippen MR) is 79.0 cm³/mol. The third-order valence-electron chi connectivity index (χ3n) is 3.34. The van der Waals surface area contributed by atoms with Gasteiger partial charge in [-0.25, -0.2) is 0 Å². The van der Waals surface area contributed by atoms with Crippen molar-refractivity contribution in [1.82, 2.24) is 5.32 Å². The van der Waals surface area contributed by atoms with Crippen LogP contribution in [0.15, 0.2) is 36.4 Å². The Morgan fingerprint density at radius 2 is 2.20 bits per heavy atom. The predicted octanol–water partition coefficient (Wildman–Crippen LogP) is 3.31. The third kappa shape index (κ3) is 2.89. The van der Waals surface area contributed by atoms with E-state index in [-0.39, 0.29) is 11.8 Å². The van der Waals surface area contributed by atoms with Gasteiger partial charge in [-0.1, -0.05) is 18.2 Å². The van der Waals surface area contributed by atoms with Crippen molar-refractivity contribution >= 4 is 17.2 Å². The van der Waals surface area contributed by atoms with Crippen molar-refractivity contribution in [2.24, 2.45) is 5.92 Å². The number of thiophene rings is 1. The highest BCUT2D eigenvalue weighted by atomic mass is 32.1. The maximum Gasteiger partial charge on any atom is 0.223 e. The minimum atomic E-state index is 0.165. The molecule has 0 radical (unpaired) electrons. The Morgan fingerprint density at radius 3 is 2.90 bits per heavy atom. The summed E-state index contributed by atoms with van der Waals surface area (Å²) in [7, 11) is 0. The van der Waals surface area contributed by atoms with Crippen molar-refractivity contribution in [1.29, 1.82) is 5.26 Å². The third-order valence-corrected chi connectivity index (χ3v) is 4.38. The van der Waals surface area contributed by atoms with E-state index in [4.69, 9.17) is 5.26 Å². The summed E-state index contributed by atoms with van der Waals surface area (Å²) >= 11 is 1.49. The summed E-state index contributed by atoms with van der Waals surface area (Å²) < 4.78 is 0. The van der Waals surface area contributed by atoms with Crippen LogP contribution in [0.3, 0.4) is 0 Å². The van der Waals surface area contributed by atoms with E-state index in [1.807, 2.05) is 30.3 Å². The number of nitrogens with zero attached hydrogens (tertiary/aromatic N) is 1. The van der Waals surface area contributed by atoms with Crippen LogP contribution in [0.2, 0.25) is 0 Å². The van der Waals surface area contributed by atoms with Crippen molar-refractivity contribution in [2.45, 2.75) is 19.4 Å². The van der Waals surface area contributed by atoms with E-state index >= 15 is 0 Å². The fourth-order valence-electron chi connectivity index (χ4n) is 2.07. The number of benzene rings is 1. The molecule has 0 saturated heterocycles. The quantitative estimate of drug-likeness (QED) is 0.935. The van der Waals surface area contributed by atoms with Crippen LogP contribution in [0.25, 0.3) is 10.4 Å². The smallest absolute Gasteiger partial charge is 0.223 e. The molecule has 0 bridgehead atoms. The molecule has 3 nitrogen and oxygen atoms in total. The van der Waals surface area contributed by atoms with E-state index in [1.165, 1.54) is 11.3 Å². The number of nitrogens with one attached hydrogen (secondary N) is 1. The molecule has 0 spiro atoms. The minimum Gasteiger partial charge on any atom is -0.352 e. The molecule has 20 heavy (non-hydrogen) atoms. The van der Waals surface area contributed by atoms with Crippen LogP contribution in [0.1, 0.15) is 23.3 Å². The van der Waals surface area contributed by atoms with Crippen molar-refractivity contribution in [3.63, 3.8) is 0 Å². The summed E-state index contributed by atoms with van der Waals surface area (Å²) in [5, 5.41) is 11.8. The highest BCUT2D eigenvalue weighted by Crippen LogP contribution is 2.30. The number of rotatable bonds is 4. The zero-order valence-corrected chi connectivity index (χ0v) is 11.7. The normalized spacial score (nSPS) is 13.8. The zero-order valence-electron chi connectivity index (χ0n) is 10.9. The highest BCUT2D eigenvalue weighted by molar-refractivity contribution is 7.16. The van der Waals surface area contributed by atoms with Gasteiger partial charge in [-0.15, -0.1) is 11.3 Å². The van der Waals surface area contributed by atoms with E-state index < -0.39 is 0 Å². The second-order valence-electron chi connectivity index (χ2n) is 4.97. The molecule has 4 heteroatoms. The Balaban J connectivity index is 1.72. The number of hydrogen-bond donors (Lipinski definition) is 1. The molecule has 0 unspecified atom stereocenters. The summed E-state index contributed by atoms with van der Waals surface area (Å²) in [6, 6.07) is 14.0. The van der Waals surface area contributed by atoms with Gasteiger partial charge in [-0.2, -0.15) is 5.26 Å². The molecule has 1 heterocycles. The first-order valence-corrected chi connectivity index (χ1v) is 7.45. The number of nitriles is 1. The Labute approximate surface area is 121 Å². The minimum absolute atomic E-state index is 0.165. The average molecular weight is 282 g/mol. The Bertz CT molecular complexity index is 680. The van der Waals surface area contributed by atoms with Gasteiger partial charge in [-0.05, 0) is 42.2 Å². The number of hydrogen-bond acceptors (Lipinski definition) is 3. The molecule has 1 aromatic carbocycles. The summed E-state index contributed by atoms with van der Waals surface area (Å²) in [4.78, 5) is 13.4. The van der Waals surface area contributed by atoms with Crippen LogP contribution < -0.4 is 5.32 Å². The first-order valence-electron chi connectivity index (χ1n) is 6.63. The van der Waals surface area contributed by atoms with Gasteiger partial charge in [-0.3, -0.25) is 4.79 Å². The number of amides is 1. The van der Waals surface area contributed by atoms with Crippen molar-refractivity contribution in [2.75, 3.05) is 0 Å². The van der Waals surface area contributed by atoms with Gasteiger partial charge in [0.1, 0.15) is 10.9 Å². The lowest BCUT2D eigenvalue weighted by molar-refractivity contribution is -0.122. The molecule has 3 rings (SSSR count). The summed E-state index contributed by atoms with van der Waals surface area (Å²) in [5.74, 6) is 0.409. The molecule has 1 aromatic heterocycles. The molecular weight excluding hydrogens is 268 g/mol. The first kappa shape index (κ1) is 12.9. The monoisotopic (exact) mass is 282 g/mol. The second-order valence-corrected chi connectivity index (χ2v) is 6.05. The molecule has 0 aliphatic heterocycles. The topological polar surface area (TPSA) is 52.9 Å². The fraction of sp³-hybridized carbons (Fsp3) is 0.250. The molecule has 100 valence electrons. The zero-order chi connectivity index (χ0) is 13.9. The fourth-order valence-corrected chi connectivity index (χ4v) is 2.87. The van der Waals surface area contributed by atoms with E-state index in [0.717, 1.165) is 28.8 Å². The molecule has 2 aromatic rings. The molecule has 1 aliphatic rings. The maximum atomic E-state index is 11.6. The van der Waals surface area contributed by atoms with Crippen LogP contribution in [0.4, 0.5) is 0 Å². The van der Waals surface area contributed by atoms with Crippen LogP contribution in [0.5, 0.6) is 0 Å². The largest absolute Gasteiger partial charge is 0.352 e. The molecule has 1 fully saturated rings. The van der Waals surface area contributed by atoms with Crippen LogP contribution >= 0.6 is 11.3 Å². The number of carbonyl (C=O) groups is 1. The highest BCUT2D eigenvalue weighted by Gasteiger charge is 2.29. The van der Waals surface area contributed by atoms with Crippen LogP contribution in [0, 0.1) is 17.2 Å². The van der Waals surface area contributed by atoms with E-state index in [1.54, 1.807) is 0 Å². The Kier molecular flexibility index (Phi) is 3.53. The van der Waals surface area contributed by atoms with E-state index in [9.17, 15) is 4.79 Å². The lowest BCUT2D eigenvalue weighted by atomic mass is 10.1. The lowest BCUT2D eigenvalue weighted by Crippen LogP contribution is -2.24. The van der Waals surface area contributed by atoms with Gasteiger partial charge in [0.15, 0.2) is 0 Å². The van der Waals surface area contributed by atoms with E-state index in [0.29, 0.717) is 11.4 Å². The molecule has 0 atom stereocenters. The molecular formula is C16H14N2OS. The Hall–Kier alpha value is -2.12. The lowest BCUT2D eigenvalue weighted by Gasteiger charge is -2.06. The van der Waals surface area contributed by atoms with Crippen molar-refractivity contribution in [3.8, 4) is 16.5 Å². The van der Waals surface area contributed by atoms with Gasteiger partial charge in [0.25, 0.3) is 0 Å². The maximum absolute atomic E-state index is 11.6.